The lowest BCUT2D eigenvalue weighted by atomic mass is 10.2. The topological polar surface area (TPSA) is 78.5 Å². The van der Waals surface area contributed by atoms with Crippen molar-refractivity contribution in [3.8, 4) is 0 Å². The van der Waals surface area contributed by atoms with Gasteiger partial charge in [-0.15, -0.1) is 0 Å². The third kappa shape index (κ3) is 6.52. The Morgan fingerprint density at radius 1 is 0.935 bits per heavy atom. The van der Waals surface area contributed by atoms with Crippen LogP contribution in [0.25, 0.3) is 0 Å². The quantitative estimate of drug-likeness (QED) is 0.469. The highest BCUT2D eigenvalue weighted by Crippen LogP contribution is 2.18. The molecule has 0 heterocycles. The van der Waals surface area contributed by atoms with Crippen LogP contribution in [0.1, 0.15) is 6.42 Å². The van der Waals surface area contributed by atoms with Crippen molar-refractivity contribution in [1.82, 2.24) is 4.72 Å². The van der Waals surface area contributed by atoms with Gasteiger partial charge in [0.2, 0.25) is 10.0 Å². The number of carbonyl (C=O) groups excluding carboxylic acids is 1. The second-order valence-electron chi connectivity index (χ2n) is 6.63. The summed E-state index contributed by atoms with van der Waals surface area (Å²) in [6, 6.07) is 20.0. The number of halogens is 2. The molecule has 0 spiro atoms. The third-order valence-electron chi connectivity index (χ3n) is 4.38. The maximum absolute atomic E-state index is 13.0. The number of anilines is 2. The van der Waals surface area contributed by atoms with Gasteiger partial charge >= 0.3 is 6.03 Å². The van der Waals surface area contributed by atoms with Crippen LogP contribution >= 0.6 is 11.6 Å². The Labute approximate surface area is 185 Å². The molecule has 2 N–H and O–H groups in total. The summed E-state index contributed by atoms with van der Waals surface area (Å²) in [4.78, 5) is 14.4. The third-order valence-corrected chi connectivity index (χ3v) is 6.11. The summed E-state index contributed by atoms with van der Waals surface area (Å²) in [5, 5.41) is 3.37. The van der Waals surface area contributed by atoms with Crippen molar-refractivity contribution < 1.29 is 17.6 Å². The molecule has 2 amide bonds. The van der Waals surface area contributed by atoms with E-state index in [-0.39, 0.29) is 24.0 Å². The number of hydrogen-bond donors (Lipinski definition) is 2. The Balaban J connectivity index is 1.63. The molecular formula is C22H21ClFN3O3S. The second kappa shape index (κ2) is 10.4. The fourth-order valence-corrected chi connectivity index (χ4v) is 4.02. The van der Waals surface area contributed by atoms with Crippen molar-refractivity contribution in [3.63, 3.8) is 0 Å². The first-order valence-electron chi connectivity index (χ1n) is 9.49. The maximum atomic E-state index is 13.0. The molecule has 0 bridgehead atoms. The van der Waals surface area contributed by atoms with Crippen molar-refractivity contribution in [1.29, 1.82) is 0 Å². The molecule has 0 saturated heterocycles. The monoisotopic (exact) mass is 461 g/mol. The minimum Gasteiger partial charge on any atom is -0.308 e. The van der Waals surface area contributed by atoms with Crippen LogP contribution in [0.3, 0.4) is 0 Å². The highest BCUT2D eigenvalue weighted by atomic mass is 35.5. The SMILES string of the molecule is O=C(Nc1ccc(Cl)cc1)N(CCCNS(=O)(=O)c1ccc(F)cc1)c1ccccc1. The predicted molar refractivity (Wildman–Crippen MR) is 120 cm³/mol. The molecule has 3 aromatic carbocycles. The lowest BCUT2D eigenvalue weighted by Crippen LogP contribution is -2.37. The zero-order valence-electron chi connectivity index (χ0n) is 16.5. The Hall–Kier alpha value is -2.94. The van der Waals surface area contributed by atoms with Crippen LogP contribution in [0.2, 0.25) is 5.02 Å². The number of nitrogens with one attached hydrogen (secondary N) is 2. The van der Waals surface area contributed by atoms with Crippen LogP contribution in [0.4, 0.5) is 20.6 Å². The van der Waals surface area contributed by atoms with Gasteiger partial charge in [0.15, 0.2) is 0 Å². The van der Waals surface area contributed by atoms with E-state index in [2.05, 4.69) is 10.0 Å². The standard InChI is InChI=1S/C22H21ClFN3O3S/c23-17-7-11-19(12-8-17)26-22(28)27(20-5-2-1-3-6-20)16-4-15-25-31(29,30)21-13-9-18(24)10-14-21/h1-3,5-14,25H,4,15-16H2,(H,26,28). The first-order valence-corrected chi connectivity index (χ1v) is 11.4. The number of amides is 2. The van der Waals surface area contributed by atoms with Gasteiger partial charge in [-0.2, -0.15) is 0 Å². The van der Waals surface area contributed by atoms with Crippen LogP contribution in [0.5, 0.6) is 0 Å². The van der Waals surface area contributed by atoms with Gasteiger partial charge in [0.25, 0.3) is 0 Å². The normalized spacial score (nSPS) is 11.2. The number of urea groups is 1. The van der Waals surface area contributed by atoms with E-state index < -0.39 is 15.8 Å². The molecule has 0 aromatic heterocycles. The molecule has 0 aliphatic rings. The van der Waals surface area contributed by atoms with E-state index >= 15 is 0 Å². The van der Waals surface area contributed by atoms with Crippen molar-refractivity contribution in [3.05, 3.63) is 89.7 Å². The fourth-order valence-electron chi connectivity index (χ4n) is 2.82. The molecule has 3 aromatic rings. The van der Waals surface area contributed by atoms with Crippen molar-refractivity contribution in [2.24, 2.45) is 0 Å². The molecule has 3 rings (SSSR count). The van der Waals surface area contributed by atoms with Crippen molar-refractivity contribution in [2.75, 3.05) is 23.3 Å². The maximum Gasteiger partial charge on any atom is 0.326 e. The van der Waals surface area contributed by atoms with Crippen molar-refractivity contribution >= 4 is 39.0 Å². The number of sulfonamides is 1. The summed E-state index contributed by atoms with van der Waals surface area (Å²) < 4.78 is 40.1. The Morgan fingerprint density at radius 3 is 2.23 bits per heavy atom. The molecule has 0 atom stereocenters. The Bertz CT molecular complexity index is 1110. The molecular weight excluding hydrogens is 441 g/mol. The average Bonchev–Trinajstić information content (AvgIpc) is 2.76. The van der Waals surface area contributed by atoms with E-state index in [1.807, 2.05) is 18.2 Å². The predicted octanol–water partition coefficient (Wildman–Crippen LogP) is 4.89. The molecule has 9 heteroatoms. The van der Waals surface area contributed by atoms with Gasteiger partial charge in [-0.3, -0.25) is 4.90 Å². The second-order valence-corrected chi connectivity index (χ2v) is 8.83. The lowest BCUT2D eigenvalue weighted by molar-refractivity contribution is 0.257. The van der Waals surface area contributed by atoms with Crippen LogP contribution in [-0.2, 0) is 10.0 Å². The molecule has 0 unspecified atom stereocenters. The molecule has 0 aliphatic carbocycles. The molecule has 162 valence electrons. The summed E-state index contributed by atoms with van der Waals surface area (Å²) >= 11 is 5.88. The number of rotatable bonds is 8. The Morgan fingerprint density at radius 2 is 1.58 bits per heavy atom. The first kappa shape index (κ1) is 22.7. The van der Waals surface area contributed by atoms with Crippen molar-refractivity contribution in [2.45, 2.75) is 11.3 Å². The van der Waals surface area contributed by atoms with Gasteiger partial charge in [-0.05, 0) is 67.1 Å². The van der Waals surface area contributed by atoms with Gasteiger partial charge in [0.1, 0.15) is 5.82 Å². The summed E-state index contributed by atoms with van der Waals surface area (Å²) in [5.41, 5.74) is 1.27. The number of nitrogens with zero attached hydrogens (tertiary/aromatic N) is 1. The van der Waals surface area contributed by atoms with E-state index in [1.165, 1.54) is 17.0 Å². The van der Waals surface area contributed by atoms with Gasteiger partial charge in [-0.1, -0.05) is 29.8 Å². The minimum atomic E-state index is -3.76. The fraction of sp³-hybridized carbons (Fsp3) is 0.136. The molecule has 0 aliphatic heterocycles. The zero-order chi connectivity index (χ0) is 22.3. The van der Waals surface area contributed by atoms with E-state index in [0.29, 0.717) is 22.8 Å². The number of hydrogen-bond acceptors (Lipinski definition) is 3. The Kier molecular flexibility index (Phi) is 7.62. The van der Waals surface area contributed by atoms with Crippen LogP contribution in [0.15, 0.2) is 83.8 Å². The van der Waals surface area contributed by atoms with E-state index in [9.17, 15) is 17.6 Å². The van der Waals surface area contributed by atoms with Gasteiger partial charge in [-0.25, -0.2) is 22.3 Å². The summed E-state index contributed by atoms with van der Waals surface area (Å²) in [6.45, 7) is 0.382. The molecule has 0 fully saturated rings. The first-order chi connectivity index (χ1) is 14.8. The van der Waals surface area contributed by atoms with Crippen LogP contribution in [-0.4, -0.2) is 27.5 Å². The van der Waals surface area contributed by atoms with E-state index in [0.717, 1.165) is 12.1 Å². The zero-order valence-corrected chi connectivity index (χ0v) is 18.0. The summed E-state index contributed by atoms with van der Waals surface area (Å²) in [6.07, 6.45) is 0.364. The molecule has 6 nitrogen and oxygen atoms in total. The lowest BCUT2D eigenvalue weighted by Gasteiger charge is -2.23. The van der Waals surface area contributed by atoms with Gasteiger partial charge in [0.05, 0.1) is 4.90 Å². The van der Waals surface area contributed by atoms with E-state index in [1.54, 1.807) is 36.4 Å². The van der Waals surface area contributed by atoms with Crippen LogP contribution < -0.4 is 14.9 Å². The van der Waals surface area contributed by atoms with Gasteiger partial charge < -0.3 is 5.32 Å². The van der Waals surface area contributed by atoms with Crippen LogP contribution in [0, 0.1) is 5.82 Å². The molecule has 31 heavy (non-hydrogen) atoms. The summed E-state index contributed by atoms with van der Waals surface area (Å²) in [7, 11) is -3.76. The van der Waals surface area contributed by atoms with Gasteiger partial charge in [0, 0.05) is 29.5 Å². The highest BCUT2D eigenvalue weighted by molar-refractivity contribution is 7.89. The number of para-hydroxylation sites is 1. The van der Waals surface area contributed by atoms with E-state index in [4.69, 9.17) is 11.6 Å². The smallest absolute Gasteiger partial charge is 0.308 e. The summed E-state index contributed by atoms with van der Waals surface area (Å²) in [5.74, 6) is -0.510. The number of benzene rings is 3. The number of carbonyl (C=O) groups is 1. The minimum absolute atomic E-state index is 0.0192. The molecule has 0 saturated carbocycles. The highest BCUT2D eigenvalue weighted by Gasteiger charge is 2.17. The average molecular weight is 462 g/mol. The largest absolute Gasteiger partial charge is 0.326 e. The molecule has 0 radical (unpaired) electrons.